The van der Waals surface area contributed by atoms with Crippen molar-refractivity contribution in [3.63, 3.8) is 0 Å². The molecule has 0 saturated carbocycles. The molecular weight excluding hydrogens is 681 g/mol. The minimum Gasteiger partial charge on any atom is -0.493 e. The van der Waals surface area contributed by atoms with Gasteiger partial charge in [0.05, 0.1) is 29.4 Å². The van der Waals surface area contributed by atoms with E-state index in [0.717, 1.165) is 108 Å². The van der Waals surface area contributed by atoms with Crippen molar-refractivity contribution in [1.29, 1.82) is 0 Å². The number of esters is 1. The summed E-state index contributed by atoms with van der Waals surface area (Å²) < 4.78 is 42.4. The van der Waals surface area contributed by atoms with Crippen LogP contribution >= 0.6 is 11.6 Å². The molecule has 1 atom stereocenters. The van der Waals surface area contributed by atoms with Crippen molar-refractivity contribution in [3.05, 3.63) is 82.0 Å². The third kappa shape index (κ3) is 7.32. The SMILES string of the molecule is CCOC(=O)c1c(CCCOc2cccc3cc(F)ccc23)c2ccc(Cl)c3c2n1CCCCOC(CCC1CCOCC1)c1nn(C)c(CC)c1-3. The number of halogens is 2. The Labute approximate surface area is 310 Å². The Bertz CT molecular complexity index is 2050. The molecule has 1 saturated heterocycles. The van der Waals surface area contributed by atoms with Crippen LogP contribution in [0.3, 0.4) is 0 Å². The number of ether oxygens (including phenoxy) is 4. The highest BCUT2D eigenvalue weighted by atomic mass is 35.5. The molecule has 2 aliphatic rings. The summed E-state index contributed by atoms with van der Waals surface area (Å²) in [5, 5.41) is 8.41. The number of aromatic nitrogens is 3. The number of rotatable bonds is 11. The topological polar surface area (TPSA) is 76.7 Å². The van der Waals surface area contributed by atoms with Crippen LogP contribution in [0.1, 0.15) is 92.3 Å². The molecule has 52 heavy (non-hydrogen) atoms. The number of hydrogen-bond acceptors (Lipinski definition) is 6. The average molecular weight is 730 g/mol. The van der Waals surface area contributed by atoms with E-state index in [1.807, 2.05) is 42.9 Å². The predicted octanol–water partition coefficient (Wildman–Crippen LogP) is 9.80. The quantitative estimate of drug-likeness (QED) is 0.0996. The Balaban J connectivity index is 1.30. The van der Waals surface area contributed by atoms with E-state index in [9.17, 15) is 9.18 Å². The second-order valence-corrected chi connectivity index (χ2v) is 14.4. The largest absolute Gasteiger partial charge is 0.493 e. The van der Waals surface area contributed by atoms with E-state index in [0.29, 0.717) is 55.0 Å². The molecule has 3 aromatic carbocycles. The Hall–Kier alpha value is -3.92. The summed E-state index contributed by atoms with van der Waals surface area (Å²) in [6.45, 7) is 7.54. The van der Waals surface area contributed by atoms with Crippen molar-refractivity contribution in [2.75, 3.05) is 33.0 Å². The maximum absolute atomic E-state index is 14.0. The van der Waals surface area contributed by atoms with Crippen LogP contribution in [0, 0.1) is 11.7 Å². The molecule has 0 bridgehead atoms. The van der Waals surface area contributed by atoms with Crippen LogP contribution in [-0.4, -0.2) is 53.4 Å². The number of benzene rings is 3. The molecule has 0 radical (unpaired) electrons. The second kappa shape index (κ2) is 16.4. The van der Waals surface area contributed by atoms with E-state index in [-0.39, 0.29) is 24.5 Å². The number of fused-ring (bicyclic) bond motifs is 3. The Morgan fingerprint density at radius 3 is 2.65 bits per heavy atom. The monoisotopic (exact) mass is 729 g/mol. The third-order valence-corrected chi connectivity index (χ3v) is 11.0. The lowest BCUT2D eigenvalue weighted by atomic mass is 9.90. The lowest BCUT2D eigenvalue weighted by Crippen LogP contribution is -2.17. The van der Waals surface area contributed by atoms with Gasteiger partial charge >= 0.3 is 5.97 Å². The van der Waals surface area contributed by atoms with Gasteiger partial charge in [0, 0.05) is 61.0 Å². The zero-order valence-corrected chi connectivity index (χ0v) is 31.3. The third-order valence-electron chi connectivity index (χ3n) is 10.7. The minimum absolute atomic E-state index is 0.177. The lowest BCUT2D eigenvalue weighted by molar-refractivity contribution is 0.0246. The molecule has 2 aliphatic heterocycles. The van der Waals surface area contributed by atoms with Gasteiger partial charge in [0.25, 0.3) is 0 Å². The molecular formula is C42H49ClFN3O5. The fraction of sp³-hybridized carbons (Fsp3) is 0.476. The van der Waals surface area contributed by atoms with Crippen molar-refractivity contribution >= 4 is 39.2 Å². The van der Waals surface area contributed by atoms with Gasteiger partial charge in [-0.3, -0.25) is 4.68 Å². The molecule has 0 spiro atoms. The molecule has 0 amide bonds. The normalized spacial score (nSPS) is 16.9. The van der Waals surface area contributed by atoms with E-state index in [1.165, 1.54) is 12.1 Å². The van der Waals surface area contributed by atoms with Crippen molar-refractivity contribution in [1.82, 2.24) is 14.3 Å². The van der Waals surface area contributed by atoms with Gasteiger partial charge in [-0.05, 0) is 112 Å². The molecule has 10 heteroatoms. The molecule has 5 aromatic rings. The number of carbonyl (C=O) groups excluding carboxylic acids is 1. The highest BCUT2D eigenvalue weighted by molar-refractivity contribution is 6.35. The van der Waals surface area contributed by atoms with E-state index in [2.05, 4.69) is 17.6 Å². The molecule has 8 nitrogen and oxygen atoms in total. The summed E-state index contributed by atoms with van der Waals surface area (Å²) in [6, 6.07) is 14.4. The minimum atomic E-state index is -0.338. The first kappa shape index (κ1) is 36.4. The molecule has 7 rings (SSSR count). The van der Waals surface area contributed by atoms with Gasteiger partial charge in [-0.2, -0.15) is 5.10 Å². The highest BCUT2D eigenvalue weighted by Gasteiger charge is 2.32. The first-order valence-electron chi connectivity index (χ1n) is 19.0. The van der Waals surface area contributed by atoms with Gasteiger partial charge in [-0.25, -0.2) is 9.18 Å². The first-order valence-corrected chi connectivity index (χ1v) is 19.3. The van der Waals surface area contributed by atoms with Gasteiger partial charge in [0.1, 0.15) is 23.4 Å². The number of hydrogen-bond donors (Lipinski definition) is 0. The van der Waals surface area contributed by atoms with Crippen LogP contribution in [0.4, 0.5) is 4.39 Å². The number of aryl methyl sites for hydroxylation is 3. The van der Waals surface area contributed by atoms with Crippen molar-refractivity contribution in [2.24, 2.45) is 13.0 Å². The maximum Gasteiger partial charge on any atom is 0.355 e. The van der Waals surface area contributed by atoms with Crippen molar-refractivity contribution in [2.45, 2.75) is 84.3 Å². The van der Waals surface area contributed by atoms with Gasteiger partial charge in [-0.15, -0.1) is 0 Å². The zero-order valence-electron chi connectivity index (χ0n) is 30.5. The summed E-state index contributed by atoms with van der Waals surface area (Å²) >= 11 is 7.27. The van der Waals surface area contributed by atoms with E-state index >= 15 is 0 Å². The maximum atomic E-state index is 14.0. The van der Waals surface area contributed by atoms with Gasteiger partial charge < -0.3 is 23.5 Å². The van der Waals surface area contributed by atoms with Crippen LogP contribution in [0.2, 0.25) is 5.02 Å². The summed E-state index contributed by atoms with van der Waals surface area (Å²) in [4.78, 5) is 14.0. The smallest absolute Gasteiger partial charge is 0.355 e. The molecule has 2 aromatic heterocycles. The first-order chi connectivity index (χ1) is 25.4. The van der Waals surface area contributed by atoms with Crippen LogP contribution in [0.25, 0.3) is 32.8 Å². The predicted molar refractivity (Wildman–Crippen MR) is 203 cm³/mol. The summed E-state index contributed by atoms with van der Waals surface area (Å²) in [6.07, 6.45) is 7.57. The molecule has 1 fully saturated rings. The number of carbonyl (C=O) groups is 1. The van der Waals surface area contributed by atoms with Gasteiger partial charge in [-0.1, -0.05) is 36.7 Å². The fourth-order valence-electron chi connectivity index (χ4n) is 8.23. The Morgan fingerprint density at radius 1 is 1.02 bits per heavy atom. The molecule has 276 valence electrons. The molecule has 0 N–H and O–H groups in total. The average Bonchev–Trinajstić information content (AvgIpc) is 3.63. The van der Waals surface area contributed by atoms with Crippen LogP contribution in [-0.2, 0) is 40.6 Å². The molecule has 0 aliphatic carbocycles. The standard InChI is InChI=1S/C42H49ClFN3O5/c1-4-34-38-37-33(43)17-16-32-31(11-9-23-51-35-12-8-10-28-26-29(44)14-15-30(28)35)41(42(48)50-5-2)47(40(32)37)21-6-7-22-52-36(39(38)45-46(34)3)18-13-27-19-24-49-25-20-27/h8,10,12,14-17,26-27,36H,4-7,9,11,13,18-25H2,1-3H3. The molecule has 4 heterocycles. The lowest BCUT2D eigenvalue weighted by Gasteiger charge is -2.24. The van der Waals surface area contributed by atoms with E-state index < -0.39 is 0 Å². The highest BCUT2D eigenvalue weighted by Crippen LogP contribution is 2.45. The summed E-state index contributed by atoms with van der Waals surface area (Å²) in [5.41, 5.74) is 6.35. The summed E-state index contributed by atoms with van der Waals surface area (Å²) in [7, 11) is 2.00. The van der Waals surface area contributed by atoms with Crippen LogP contribution in [0.5, 0.6) is 5.75 Å². The number of nitrogens with zero attached hydrogens (tertiary/aromatic N) is 3. The Morgan fingerprint density at radius 2 is 1.85 bits per heavy atom. The van der Waals surface area contributed by atoms with Crippen molar-refractivity contribution < 1.29 is 28.1 Å². The van der Waals surface area contributed by atoms with Gasteiger partial charge in [0.15, 0.2) is 0 Å². The van der Waals surface area contributed by atoms with Crippen molar-refractivity contribution in [3.8, 4) is 16.9 Å². The fourth-order valence-corrected chi connectivity index (χ4v) is 8.47. The van der Waals surface area contributed by atoms with Gasteiger partial charge in [0.2, 0.25) is 0 Å². The Kier molecular flexibility index (Phi) is 11.5. The van der Waals surface area contributed by atoms with E-state index in [4.69, 9.17) is 35.6 Å². The zero-order chi connectivity index (χ0) is 36.2. The van der Waals surface area contributed by atoms with Crippen LogP contribution < -0.4 is 4.74 Å². The molecule has 1 unspecified atom stereocenters. The van der Waals surface area contributed by atoms with Crippen LogP contribution in [0.15, 0.2) is 48.5 Å². The second-order valence-electron chi connectivity index (χ2n) is 14.0. The van der Waals surface area contributed by atoms with E-state index in [1.54, 1.807) is 6.07 Å². The summed E-state index contributed by atoms with van der Waals surface area (Å²) in [5.74, 6) is 0.703.